The maximum absolute atomic E-state index is 12.1. The van der Waals surface area contributed by atoms with Gasteiger partial charge in [0.2, 0.25) is 0 Å². The van der Waals surface area contributed by atoms with Crippen LogP contribution in [0.1, 0.15) is 36.2 Å². The average Bonchev–Trinajstić information content (AvgIpc) is 2.85. The number of carbonyl (C=O) groups is 1. The minimum atomic E-state index is 0.148. The fourth-order valence-corrected chi connectivity index (χ4v) is 2.32. The Morgan fingerprint density at radius 1 is 1.47 bits per heavy atom. The highest BCUT2D eigenvalue weighted by molar-refractivity contribution is 5.92. The molecule has 0 aliphatic heterocycles. The van der Waals surface area contributed by atoms with E-state index in [2.05, 4.69) is 0 Å². The molecule has 0 radical (unpaired) electrons. The molecule has 15 heavy (non-hydrogen) atoms. The van der Waals surface area contributed by atoms with Crippen molar-refractivity contribution in [3.63, 3.8) is 0 Å². The molecule has 1 fully saturated rings. The minimum Gasteiger partial charge on any atom is -0.347 e. The van der Waals surface area contributed by atoms with Gasteiger partial charge in [-0.1, -0.05) is 12.8 Å². The van der Waals surface area contributed by atoms with Gasteiger partial charge >= 0.3 is 0 Å². The molecule has 1 aliphatic carbocycles. The molecule has 1 aliphatic rings. The van der Waals surface area contributed by atoms with E-state index in [0.717, 1.165) is 18.5 Å². The molecule has 3 heteroatoms. The zero-order chi connectivity index (χ0) is 10.8. The first-order valence-corrected chi connectivity index (χ1v) is 5.58. The molecular weight excluding hydrogens is 188 g/mol. The Balaban J connectivity index is 2.10. The number of aromatic nitrogens is 1. The summed E-state index contributed by atoms with van der Waals surface area (Å²) in [5, 5.41) is 0. The molecular formula is C12H18N2O. The van der Waals surface area contributed by atoms with E-state index in [0.29, 0.717) is 6.04 Å². The fraction of sp³-hybridized carbons (Fsp3) is 0.583. The maximum atomic E-state index is 12.1. The Morgan fingerprint density at radius 2 is 2.13 bits per heavy atom. The quantitative estimate of drug-likeness (QED) is 0.727. The number of nitrogens with zero attached hydrogens (tertiary/aromatic N) is 2. The molecule has 0 bridgehead atoms. The van der Waals surface area contributed by atoms with Gasteiger partial charge in [0.05, 0.1) is 0 Å². The zero-order valence-electron chi connectivity index (χ0n) is 9.44. The molecule has 1 aromatic rings. The van der Waals surface area contributed by atoms with Gasteiger partial charge in [-0.2, -0.15) is 0 Å². The minimum absolute atomic E-state index is 0.148. The number of aryl methyl sites for hydroxylation is 1. The van der Waals surface area contributed by atoms with E-state index in [1.807, 2.05) is 41.9 Å². The van der Waals surface area contributed by atoms with E-state index in [4.69, 9.17) is 0 Å². The summed E-state index contributed by atoms with van der Waals surface area (Å²) >= 11 is 0. The highest BCUT2D eigenvalue weighted by atomic mass is 16.2. The average molecular weight is 206 g/mol. The van der Waals surface area contributed by atoms with Crippen LogP contribution in [0, 0.1) is 0 Å². The lowest BCUT2D eigenvalue weighted by molar-refractivity contribution is 0.0725. The molecule has 0 N–H and O–H groups in total. The molecule has 1 saturated carbocycles. The Hall–Kier alpha value is -1.25. The third kappa shape index (κ3) is 1.91. The summed E-state index contributed by atoms with van der Waals surface area (Å²) in [6.07, 6.45) is 6.75. The van der Waals surface area contributed by atoms with Crippen LogP contribution < -0.4 is 0 Å². The molecule has 1 aromatic heterocycles. The Kier molecular flexibility index (Phi) is 2.80. The maximum Gasteiger partial charge on any atom is 0.270 e. The van der Waals surface area contributed by atoms with Gasteiger partial charge in [-0.25, -0.2) is 0 Å². The molecule has 3 nitrogen and oxygen atoms in total. The molecule has 0 unspecified atom stereocenters. The number of hydrogen-bond donors (Lipinski definition) is 0. The number of hydrogen-bond acceptors (Lipinski definition) is 1. The van der Waals surface area contributed by atoms with Crippen LogP contribution in [0.15, 0.2) is 18.3 Å². The van der Waals surface area contributed by atoms with Gasteiger partial charge in [0.1, 0.15) is 5.69 Å². The standard InChI is InChI=1S/C12H18N2O/c1-13-9-5-8-11(13)12(15)14(2)10-6-3-4-7-10/h5,8-10H,3-4,6-7H2,1-2H3. The van der Waals surface area contributed by atoms with Crippen LogP contribution in [0.4, 0.5) is 0 Å². The van der Waals surface area contributed by atoms with Gasteiger partial charge < -0.3 is 9.47 Å². The van der Waals surface area contributed by atoms with Crippen LogP contribution in [0.5, 0.6) is 0 Å². The lowest BCUT2D eigenvalue weighted by atomic mass is 10.2. The lowest BCUT2D eigenvalue weighted by Gasteiger charge is -2.24. The number of carbonyl (C=O) groups excluding carboxylic acids is 1. The summed E-state index contributed by atoms with van der Waals surface area (Å²) < 4.78 is 1.88. The van der Waals surface area contributed by atoms with Crippen molar-refractivity contribution in [2.24, 2.45) is 7.05 Å². The molecule has 82 valence electrons. The van der Waals surface area contributed by atoms with Crippen molar-refractivity contribution in [3.05, 3.63) is 24.0 Å². The van der Waals surface area contributed by atoms with Crippen molar-refractivity contribution in [2.45, 2.75) is 31.7 Å². The van der Waals surface area contributed by atoms with Gasteiger partial charge in [0, 0.05) is 26.3 Å². The largest absolute Gasteiger partial charge is 0.347 e. The van der Waals surface area contributed by atoms with Crippen LogP contribution >= 0.6 is 0 Å². The Bertz CT molecular complexity index is 350. The lowest BCUT2D eigenvalue weighted by Crippen LogP contribution is -2.36. The Morgan fingerprint density at radius 3 is 2.67 bits per heavy atom. The van der Waals surface area contributed by atoms with Crippen LogP contribution in [-0.4, -0.2) is 28.5 Å². The van der Waals surface area contributed by atoms with E-state index in [-0.39, 0.29) is 5.91 Å². The number of rotatable bonds is 2. The summed E-state index contributed by atoms with van der Waals surface area (Å²) in [5.74, 6) is 0.148. The molecule has 1 amide bonds. The van der Waals surface area contributed by atoms with Crippen molar-refractivity contribution in [1.82, 2.24) is 9.47 Å². The molecule has 0 aromatic carbocycles. The molecule has 0 saturated heterocycles. The highest BCUT2D eigenvalue weighted by Crippen LogP contribution is 2.23. The third-order valence-electron chi connectivity index (χ3n) is 3.36. The van der Waals surface area contributed by atoms with Crippen molar-refractivity contribution < 1.29 is 4.79 Å². The van der Waals surface area contributed by atoms with Gasteiger partial charge in [0.25, 0.3) is 5.91 Å². The highest BCUT2D eigenvalue weighted by Gasteiger charge is 2.24. The smallest absolute Gasteiger partial charge is 0.270 e. The van der Waals surface area contributed by atoms with E-state index in [1.165, 1.54) is 12.8 Å². The van der Waals surface area contributed by atoms with Gasteiger partial charge in [-0.3, -0.25) is 4.79 Å². The normalized spacial score (nSPS) is 16.9. The first kappa shape index (κ1) is 10.3. The Labute approximate surface area is 90.7 Å². The summed E-state index contributed by atoms with van der Waals surface area (Å²) in [7, 11) is 3.83. The van der Waals surface area contributed by atoms with Gasteiger partial charge in [0.15, 0.2) is 0 Å². The van der Waals surface area contributed by atoms with Crippen LogP contribution in [0.2, 0.25) is 0 Å². The van der Waals surface area contributed by atoms with Crippen LogP contribution in [0.3, 0.4) is 0 Å². The zero-order valence-corrected chi connectivity index (χ0v) is 9.44. The second-order valence-electron chi connectivity index (χ2n) is 4.36. The second kappa shape index (κ2) is 4.09. The second-order valence-corrected chi connectivity index (χ2v) is 4.36. The van der Waals surface area contributed by atoms with Crippen LogP contribution in [-0.2, 0) is 7.05 Å². The van der Waals surface area contributed by atoms with E-state index < -0.39 is 0 Å². The van der Waals surface area contributed by atoms with Gasteiger partial charge in [-0.15, -0.1) is 0 Å². The SMILES string of the molecule is CN(C(=O)c1cccn1C)C1CCCC1. The molecule has 1 heterocycles. The van der Waals surface area contributed by atoms with Crippen molar-refractivity contribution in [3.8, 4) is 0 Å². The summed E-state index contributed by atoms with van der Waals surface area (Å²) in [4.78, 5) is 14.0. The van der Waals surface area contributed by atoms with Crippen molar-refractivity contribution in [2.75, 3.05) is 7.05 Å². The molecule has 0 spiro atoms. The van der Waals surface area contributed by atoms with Gasteiger partial charge in [-0.05, 0) is 25.0 Å². The topological polar surface area (TPSA) is 25.2 Å². The monoisotopic (exact) mass is 206 g/mol. The van der Waals surface area contributed by atoms with Crippen molar-refractivity contribution >= 4 is 5.91 Å². The summed E-state index contributed by atoms with van der Waals surface area (Å²) in [6, 6.07) is 4.25. The summed E-state index contributed by atoms with van der Waals surface area (Å²) in [6.45, 7) is 0. The predicted molar refractivity (Wildman–Crippen MR) is 59.8 cm³/mol. The molecule has 0 atom stereocenters. The number of amides is 1. The van der Waals surface area contributed by atoms with Crippen LogP contribution in [0.25, 0.3) is 0 Å². The predicted octanol–water partition coefficient (Wildman–Crippen LogP) is 2.04. The summed E-state index contributed by atoms with van der Waals surface area (Å²) in [5.41, 5.74) is 0.782. The van der Waals surface area contributed by atoms with E-state index in [1.54, 1.807) is 0 Å². The van der Waals surface area contributed by atoms with E-state index in [9.17, 15) is 4.79 Å². The molecule has 2 rings (SSSR count). The van der Waals surface area contributed by atoms with Crippen molar-refractivity contribution in [1.29, 1.82) is 0 Å². The van der Waals surface area contributed by atoms with E-state index >= 15 is 0 Å². The third-order valence-corrected chi connectivity index (χ3v) is 3.36. The first-order valence-electron chi connectivity index (χ1n) is 5.58. The fourth-order valence-electron chi connectivity index (χ4n) is 2.32. The first-order chi connectivity index (χ1) is 7.20.